The number of carbonyl (C=O) groups excluding carboxylic acids is 1. The molecule has 0 spiro atoms. The van der Waals surface area contributed by atoms with Crippen LogP contribution in [-0.4, -0.2) is 30.8 Å². The highest BCUT2D eigenvalue weighted by molar-refractivity contribution is 7.91. The van der Waals surface area contributed by atoms with Crippen molar-refractivity contribution >= 4 is 32.2 Å². The van der Waals surface area contributed by atoms with Crippen LogP contribution in [0.15, 0.2) is 101 Å². The van der Waals surface area contributed by atoms with Gasteiger partial charge >= 0.3 is 0 Å². The van der Waals surface area contributed by atoms with Crippen molar-refractivity contribution in [3.8, 4) is 5.75 Å². The summed E-state index contributed by atoms with van der Waals surface area (Å²) in [4.78, 5) is 17.1. The van der Waals surface area contributed by atoms with E-state index < -0.39 is 9.84 Å². The van der Waals surface area contributed by atoms with Crippen LogP contribution in [0.5, 0.6) is 5.75 Å². The maximum atomic E-state index is 13.1. The fourth-order valence-corrected chi connectivity index (χ4v) is 5.05. The van der Waals surface area contributed by atoms with Crippen molar-refractivity contribution in [1.82, 2.24) is 14.7 Å². The number of sulfone groups is 1. The summed E-state index contributed by atoms with van der Waals surface area (Å²) in [7, 11) is -2.09. The Morgan fingerprint density at radius 1 is 0.941 bits per heavy atom. The van der Waals surface area contributed by atoms with Crippen LogP contribution in [0.3, 0.4) is 0 Å². The van der Waals surface area contributed by atoms with E-state index in [4.69, 9.17) is 4.74 Å². The zero-order valence-electron chi connectivity index (χ0n) is 18.3. The third-order valence-corrected chi connectivity index (χ3v) is 7.43. The van der Waals surface area contributed by atoms with E-state index in [1.165, 1.54) is 0 Å². The van der Waals surface area contributed by atoms with Gasteiger partial charge in [0.05, 0.1) is 22.5 Å². The molecule has 0 aliphatic rings. The van der Waals surface area contributed by atoms with Gasteiger partial charge in [-0.25, -0.2) is 13.4 Å². The second-order valence-electron chi connectivity index (χ2n) is 7.82. The first kappa shape index (κ1) is 21.7. The summed E-state index contributed by atoms with van der Waals surface area (Å²) in [6, 6.07) is 20.6. The highest BCUT2D eigenvalue weighted by Crippen LogP contribution is 2.27. The average Bonchev–Trinajstić information content (AvgIpc) is 3.35. The third-order valence-electron chi connectivity index (χ3n) is 5.67. The lowest BCUT2D eigenvalue weighted by molar-refractivity contribution is 0.0950. The Labute approximate surface area is 196 Å². The van der Waals surface area contributed by atoms with Gasteiger partial charge in [-0.3, -0.25) is 4.79 Å². The van der Waals surface area contributed by atoms with E-state index in [9.17, 15) is 13.2 Å². The fourth-order valence-electron chi connectivity index (χ4n) is 3.76. The molecule has 3 aromatic carbocycles. The Bertz CT molecular complexity index is 1620. The van der Waals surface area contributed by atoms with Gasteiger partial charge in [-0.2, -0.15) is 0 Å². The van der Waals surface area contributed by atoms with E-state index in [1.807, 2.05) is 12.1 Å². The number of amides is 1. The maximum Gasteiger partial charge on any atom is 0.253 e. The maximum absolute atomic E-state index is 13.1. The van der Waals surface area contributed by atoms with Crippen LogP contribution in [-0.2, 0) is 16.4 Å². The van der Waals surface area contributed by atoms with Crippen LogP contribution in [0, 0.1) is 0 Å². The van der Waals surface area contributed by atoms with Gasteiger partial charge in [-0.15, -0.1) is 0 Å². The number of nitrogens with one attached hydrogen (secondary N) is 1. The minimum absolute atomic E-state index is 0.195. The van der Waals surface area contributed by atoms with E-state index in [-0.39, 0.29) is 22.2 Å². The number of aromatic nitrogens is 2. The largest absolute Gasteiger partial charge is 0.497 e. The number of rotatable bonds is 6. The SMILES string of the molecule is COc1ccc2cc(S(=O)(=O)c3ccc(CNC(=O)c4ccc5nccn5c4)cc3)ccc2c1. The minimum Gasteiger partial charge on any atom is -0.497 e. The molecule has 0 bridgehead atoms. The topological polar surface area (TPSA) is 89.8 Å². The Kier molecular flexibility index (Phi) is 5.51. The lowest BCUT2D eigenvalue weighted by Gasteiger charge is -2.09. The minimum atomic E-state index is -3.68. The molecule has 5 aromatic rings. The molecule has 0 aliphatic heterocycles. The average molecular weight is 472 g/mol. The molecule has 0 fully saturated rings. The molecule has 0 saturated carbocycles. The van der Waals surface area contributed by atoms with E-state index >= 15 is 0 Å². The van der Waals surface area contributed by atoms with Crippen LogP contribution >= 0.6 is 0 Å². The number of methoxy groups -OCH3 is 1. The first-order chi connectivity index (χ1) is 16.4. The molecule has 0 radical (unpaired) electrons. The summed E-state index contributed by atoms with van der Waals surface area (Å²) in [5.41, 5.74) is 2.07. The summed E-state index contributed by atoms with van der Waals surface area (Å²) in [5, 5.41) is 4.57. The summed E-state index contributed by atoms with van der Waals surface area (Å²) in [6.07, 6.45) is 5.16. The zero-order chi connectivity index (χ0) is 23.7. The molecule has 7 nitrogen and oxygen atoms in total. The Morgan fingerprint density at radius 2 is 1.68 bits per heavy atom. The second-order valence-corrected chi connectivity index (χ2v) is 9.77. The lowest BCUT2D eigenvalue weighted by Crippen LogP contribution is -2.23. The van der Waals surface area contributed by atoms with Crippen LogP contribution in [0.25, 0.3) is 16.4 Å². The van der Waals surface area contributed by atoms with E-state index in [1.54, 1.807) is 90.8 Å². The normalized spacial score (nSPS) is 11.6. The van der Waals surface area contributed by atoms with Gasteiger partial charge in [-0.05, 0) is 64.9 Å². The van der Waals surface area contributed by atoms with E-state index in [0.29, 0.717) is 11.3 Å². The molecule has 34 heavy (non-hydrogen) atoms. The molecule has 0 atom stereocenters. The highest BCUT2D eigenvalue weighted by Gasteiger charge is 2.18. The van der Waals surface area contributed by atoms with Gasteiger partial charge in [0.2, 0.25) is 9.84 Å². The number of fused-ring (bicyclic) bond motifs is 2. The lowest BCUT2D eigenvalue weighted by atomic mass is 10.1. The molecule has 1 amide bonds. The molecule has 8 heteroatoms. The number of carbonyl (C=O) groups is 1. The second kappa shape index (κ2) is 8.64. The zero-order valence-corrected chi connectivity index (χ0v) is 19.1. The predicted octanol–water partition coefficient (Wildman–Crippen LogP) is 4.26. The molecule has 2 heterocycles. The summed E-state index contributed by atoms with van der Waals surface area (Å²) < 4.78 is 33.3. The molecule has 0 aliphatic carbocycles. The predicted molar refractivity (Wildman–Crippen MR) is 129 cm³/mol. The van der Waals surface area contributed by atoms with Crippen molar-refractivity contribution in [2.24, 2.45) is 0 Å². The smallest absolute Gasteiger partial charge is 0.253 e. The molecular weight excluding hydrogens is 450 g/mol. The van der Waals surface area contributed by atoms with E-state index in [2.05, 4.69) is 10.3 Å². The van der Waals surface area contributed by atoms with Crippen LogP contribution in [0.4, 0.5) is 0 Å². The van der Waals surface area contributed by atoms with Gasteiger partial charge in [0, 0.05) is 25.1 Å². The Hall–Kier alpha value is -4.17. The molecule has 2 aromatic heterocycles. The van der Waals surface area contributed by atoms with Gasteiger partial charge < -0.3 is 14.5 Å². The summed E-state index contributed by atoms with van der Waals surface area (Å²) in [6.45, 7) is 0.277. The van der Waals surface area contributed by atoms with Crippen LogP contribution < -0.4 is 10.1 Å². The summed E-state index contributed by atoms with van der Waals surface area (Å²) in [5.74, 6) is 0.494. The van der Waals surface area contributed by atoms with Crippen LogP contribution in [0.2, 0.25) is 0 Å². The number of ether oxygens (including phenoxy) is 1. The number of nitrogens with zero attached hydrogens (tertiary/aromatic N) is 2. The first-order valence-corrected chi connectivity index (χ1v) is 12.1. The number of hydrogen-bond donors (Lipinski definition) is 1. The molecule has 170 valence electrons. The standard InChI is InChI=1S/C26H21N3O4S/c1-33-22-7-4-20-15-24(10-5-19(20)14-22)34(31,32)23-8-2-18(3-9-23)16-28-26(30)21-6-11-25-27-12-13-29(25)17-21/h2-15,17H,16H2,1H3,(H,28,30). The Morgan fingerprint density at radius 3 is 2.47 bits per heavy atom. The molecular formula is C26H21N3O4S. The van der Waals surface area contributed by atoms with Crippen molar-refractivity contribution in [1.29, 1.82) is 0 Å². The molecule has 5 rings (SSSR count). The van der Waals surface area contributed by atoms with Gasteiger partial charge in [0.15, 0.2) is 0 Å². The number of pyridine rings is 1. The third kappa shape index (κ3) is 4.11. The van der Waals surface area contributed by atoms with E-state index in [0.717, 1.165) is 22.0 Å². The van der Waals surface area contributed by atoms with Gasteiger partial charge in [0.25, 0.3) is 5.91 Å². The van der Waals surface area contributed by atoms with Crippen molar-refractivity contribution in [3.63, 3.8) is 0 Å². The fraction of sp³-hybridized carbons (Fsp3) is 0.0769. The quantitative estimate of drug-likeness (QED) is 0.400. The van der Waals surface area contributed by atoms with Gasteiger partial charge in [-0.1, -0.05) is 24.3 Å². The molecule has 0 saturated heterocycles. The van der Waals surface area contributed by atoms with Crippen LogP contribution in [0.1, 0.15) is 15.9 Å². The van der Waals surface area contributed by atoms with Crippen molar-refractivity contribution in [3.05, 3.63) is 103 Å². The molecule has 0 unspecified atom stereocenters. The monoisotopic (exact) mass is 471 g/mol. The Balaban J connectivity index is 1.30. The highest BCUT2D eigenvalue weighted by atomic mass is 32.2. The van der Waals surface area contributed by atoms with Gasteiger partial charge in [0.1, 0.15) is 11.4 Å². The molecule has 1 N–H and O–H groups in total. The number of hydrogen-bond acceptors (Lipinski definition) is 5. The summed E-state index contributed by atoms with van der Waals surface area (Å²) >= 11 is 0. The van der Waals surface area contributed by atoms with Crippen molar-refractivity contribution < 1.29 is 17.9 Å². The number of benzene rings is 3. The van der Waals surface area contributed by atoms with Crippen molar-refractivity contribution in [2.75, 3.05) is 7.11 Å². The van der Waals surface area contributed by atoms with Crippen molar-refractivity contribution in [2.45, 2.75) is 16.3 Å². The number of imidazole rings is 1. The first-order valence-electron chi connectivity index (χ1n) is 10.6.